The number of urea groups is 1. The first-order valence-corrected chi connectivity index (χ1v) is 9.19. The van der Waals surface area contributed by atoms with Gasteiger partial charge in [-0.1, -0.05) is 11.6 Å². The summed E-state index contributed by atoms with van der Waals surface area (Å²) in [5, 5.41) is 1.00. The lowest BCUT2D eigenvalue weighted by atomic mass is 10.2. The van der Waals surface area contributed by atoms with Crippen molar-refractivity contribution in [2.75, 3.05) is 17.6 Å². The Morgan fingerprint density at radius 2 is 1.85 bits per heavy atom. The van der Waals surface area contributed by atoms with Crippen LogP contribution in [0.1, 0.15) is 20.2 Å². The fraction of sp³-hybridized carbons (Fsp3) is 0.0952. The Labute approximate surface area is 196 Å². The zero-order valence-corrected chi connectivity index (χ0v) is 16.9. The summed E-state index contributed by atoms with van der Waals surface area (Å²) in [6.45, 7) is -2.75. The molecule has 0 saturated carbocycles. The van der Waals surface area contributed by atoms with Gasteiger partial charge in [0.2, 0.25) is 0 Å². The number of anilines is 2. The molecule has 0 fully saturated rings. The molecule has 7 nitrogen and oxygen atoms in total. The highest BCUT2D eigenvalue weighted by Crippen LogP contribution is 2.36. The molecule has 3 N–H and O–H groups in total. The molecule has 1 heterocycles. The van der Waals surface area contributed by atoms with E-state index in [4.69, 9.17) is 23.3 Å². The van der Waals surface area contributed by atoms with Crippen molar-refractivity contribution in [2.24, 2.45) is 0 Å². The largest absolute Gasteiger partial charge is 0.457 e. The summed E-state index contributed by atoms with van der Waals surface area (Å²) in [6, 6.07) is 5.93. The zero-order chi connectivity index (χ0) is 28.4. The fourth-order valence-corrected chi connectivity index (χ4v) is 2.70. The standard InChI is InChI=1S/C21H15ClF4N4O3/c1-27-19(31)18-10-13(6-7-28-18)33-12-3-5-17(16(23)9-12)30-20(32)29-11-2-4-15(22)14(8-11)21(24,25)26/h2-10H,1H3,(H,27,31)(H2,29,30,32)/i1D3/hD2. The van der Waals surface area contributed by atoms with Crippen molar-refractivity contribution in [3.8, 4) is 11.5 Å². The van der Waals surface area contributed by atoms with Crippen LogP contribution in [0.4, 0.5) is 33.7 Å². The minimum absolute atomic E-state index is 0.0258. The maximum absolute atomic E-state index is 14.7. The summed E-state index contributed by atoms with van der Waals surface area (Å²) in [5.74, 6) is -2.36. The van der Waals surface area contributed by atoms with Gasteiger partial charge in [0.1, 0.15) is 23.0 Å². The second-order valence-electron chi connectivity index (χ2n) is 6.21. The molecule has 0 unspecified atom stereocenters. The number of ether oxygens (including phenoxy) is 1. The maximum Gasteiger partial charge on any atom is 0.417 e. The molecule has 3 amide bonds. The number of alkyl halides is 3. The Morgan fingerprint density at radius 1 is 1.09 bits per heavy atom. The number of carbonyl (C=O) groups is 2. The predicted molar refractivity (Wildman–Crippen MR) is 113 cm³/mol. The molecule has 0 bridgehead atoms. The first kappa shape index (κ1) is 17.7. The lowest BCUT2D eigenvalue weighted by Crippen LogP contribution is -2.20. The number of halogens is 5. The molecule has 0 aliphatic rings. The zero-order valence-electron chi connectivity index (χ0n) is 21.2. The summed E-state index contributed by atoms with van der Waals surface area (Å²) < 4.78 is 96.3. The van der Waals surface area contributed by atoms with E-state index in [9.17, 15) is 27.2 Å². The average molecular weight is 488 g/mol. The van der Waals surface area contributed by atoms with Crippen LogP contribution in [0, 0.1) is 5.82 Å². The van der Waals surface area contributed by atoms with E-state index in [-0.39, 0.29) is 27.8 Å². The highest BCUT2D eigenvalue weighted by molar-refractivity contribution is 6.31. The third kappa shape index (κ3) is 6.10. The lowest BCUT2D eigenvalue weighted by Gasteiger charge is -2.13. The van der Waals surface area contributed by atoms with Gasteiger partial charge in [0.15, 0.2) is 2.82 Å². The van der Waals surface area contributed by atoms with Gasteiger partial charge in [-0.3, -0.25) is 9.78 Å². The summed E-state index contributed by atoms with van der Waals surface area (Å²) in [7, 11) is 0. The molecule has 0 atom stereocenters. The lowest BCUT2D eigenvalue weighted by molar-refractivity contribution is -0.137. The monoisotopic (exact) mass is 487 g/mol. The van der Waals surface area contributed by atoms with Gasteiger partial charge in [0.25, 0.3) is 5.91 Å². The summed E-state index contributed by atoms with van der Waals surface area (Å²) in [4.78, 5) is 28.2. The molecule has 12 heteroatoms. The van der Waals surface area contributed by atoms with Crippen molar-refractivity contribution < 1.29 is 38.8 Å². The van der Waals surface area contributed by atoms with Gasteiger partial charge in [-0.15, -0.1) is 0 Å². The van der Waals surface area contributed by atoms with Crippen LogP contribution in [-0.2, 0) is 6.18 Å². The second-order valence-corrected chi connectivity index (χ2v) is 6.62. The average Bonchev–Trinajstić information content (AvgIpc) is 2.81. The molecular formula is C21H15ClF4N4O3. The van der Waals surface area contributed by atoms with Crippen LogP contribution in [0.5, 0.6) is 11.5 Å². The van der Waals surface area contributed by atoms with E-state index in [1.165, 1.54) is 6.07 Å². The second kappa shape index (κ2) is 9.74. The Hall–Kier alpha value is -3.86. The Bertz CT molecular complexity index is 1380. The highest BCUT2D eigenvalue weighted by atomic mass is 35.5. The van der Waals surface area contributed by atoms with Crippen LogP contribution in [0.3, 0.4) is 0 Å². The molecule has 33 heavy (non-hydrogen) atoms. The molecule has 0 radical (unpaired) electrons. The molecule has 1 aromatic heterocycles. The quantitative estimate of drug-likeness (QED) is 0.403. The van der Waals surface area contributed by atoms with Gasteiger partial charge in [-0.25, -0.2) is 9.18 Å². The Balaban J connectivity index is 1.77. The van der Waals surface area contributed by atoms with Gasteiger partial charge in [0.05, 0.1) is 16.3 Å². The number of nitrogens with zero attached hydrogens (tertiary/aromatic N) is 1. The number of rotatable bonds is 5. The minimum Gasteiger partial charge on any atom is -0.457 e. The van der Waals surface area contributed by atoms with E-state index < -0.39 is 52.9 Å². The number of nitrogens with one attached hydrogen (secondary N) is 3. The number of carbonyl (C=O) groups excluding carboxylic acids is 2. The molecule has 2 aromatic carbocycles. The minimum atomic E-state index is -4.87. The molecule has 3 rings (SSSR count). The molecule has 172 valence electrons. The number of pyridine rings is 1. The van der Waals surface area contributed by atoms with Gasteiger partial charge < -0.3 is 20.7 Å². The van der Waals surface area contributed by atoms with Crippen LogP contribution < -0.4 is 20.7 Å². The number of benzene rings is 2. The molecule has 3 aromatic rings. The highest BCUT2D eigenvalue weighted by Gasteiger charge is 2.33. The summed E-state index contributed by atoms with van der Waals surface area (Å²) >= 11 is 5.53. The van der Waals surface area contributed by atoms with E-state index in [2.05, 4.69) is 4.98 Å². The normalized spacial score (nSPS) is 13.5. The van der Waals surface area contributed by atoms with E-state index in [1.807, 2.05) is 0 Å². The number of amides is 3. The van der Waals surface area contributed by atoms with E-state index in [0.717, 1.165) is 42.6 Å². The summed E-state index contributed by atoms with van der Waals surface area (Å²) in [6.07, 6.45) is -3.73. The Kier molecular flexibility index (Phi) is 5.21. The van der Waals surface area contributed by atoms with Gasteiger partial charge in [-0.2, -0.15) is 13.2 Å². The predicted octanol–water partition coefficient (Wildman–Crippen LogP) is 5.69. The van der Waals surface area contributed by atoms with E-state index >= 15 is 0 Å². The molecule has 0 saturated heterocycles. The number of hydrogen-bond acceptors (Lipinski definition) is 4. The third-order valence-electron chi connectivity index (χ3n) is 3.93. The van der Waals surface area contributed by atoms with Crippen molar-refractivity contribution in [1.82, 2.24) is 10.3 Å². The van der Waals surface area contributed by atoms with Crippen LogP contribution >= 0.6 is 11.6 Å². The number of aromatic nitrogens is 1. The number of hydrogen-bond donors (Lipinski definition) is 3. The summed E-state index contributed by atoms with van der Waals surface area (Å²) in [5.41, 5.74) is -2.83. The van der Waals surface area contributed by atoms with Crippen LogP contribution in [0.15, 0.2) is 54.7 Å². The Morgan fingerprint density at radius 3 is 2.55 bits per heavy atom. The molecule has 0 aliphatic carbocycles. The van der Waals surface area contributed by atoms with Crippen molar-refractivity contribution in [3.05, 3.63) is 76.8 Å². The van der Waals surface area contributed by atoms with Crippen LogP contribution in [0.2, 0.25) is 7.85 Å². The first-order valence-electron chi connectivity index (χ1n) is 11.2. The SMILES string of the molecule is [2H]N(C(=O)N([2H])c1ccc(Oc2ccnc(C(=O)NC([2H])([2H])[2H])c2)cc1F)c1ccc(Cl)c(C(F)(F)F)c1. The molecule has 0 aliphatic heterocycles. The fourth-order valence-electron chi connectivity index (χ4n) is 2.48. The topological polar surface area (TPSA) is 92.3 Å². The third-order valence-corrected chi connectivity index (χ3v) is 4.26. The van der Waals surface area contributed by atoms with Gasteiger partial charge in [-0.05, 0) is 36.4 Å². The smallest absolute Gasteiger partial charge is 0.417 e. The van der Waals surface area contributed by atoms with Crippen molar-refractivity contribution in [2.45, 2.75) is 6.18 Å². The van der Waals surface area contributed by atoms with Gasteiger partial charge >= 0.3 is 12.2 Å². The van der Waals surface area contributed by atoms with Gasteiger partial charge in [0, 0.05) is 35.1 Å². The van der Waals surface area contributed by atoms with Crippen molar-refractivity contribution in [1.29, 1.82) is 0 Å². The maximum atomic E-state index is 14.7. The van der Waals surface area contributed by atoms with E-state index in [1.54, 1.807) is 5.32 Å². The van der Waals surface area contributed by atoms with E-state index in [0.29, 0.717) is 6.07 Å². The van der Waals surface area contributed by atoms with Crippen LogP contribution in [-0.4, -0.2) is 23.9 Å². The first-order chi connectivity index (χ1) is 17.6. The van der Waals surface area contributed by atoms with Crippen LogP contribution in [0.25, 0.3) is 0 Å². The molecule has 0 spiro atoms. The van der Waals surface area contributed by atoms with Crippen molar-refractivity contribution in [3.63, 3.8) is 0 Å². The molecular weight excluding hydrogens is 468 g/mol. The van der Waals surface area contributed by atoms with Crippen molar-refractivity contribution >= 4 is 34.9 Å².